The van der Waals surface area contributed by atoms with Crippen molar-refractivity contribution < 1.29 is 9.21 Å². The van der Waals surface area contributed by atoms with E-state index in [9.17, 15) is 4.79 Å². The van der Waals surface area contributed by atoms with Crippen LogP contribution in [0.2, 0.25) is 0 Å². The summed E-state index contributed by atoms with van der Waals surface area (Å²) in [7, 11) is 0. The molecule has 0 radical (unpaired) electrons. The predicted molar refractivity (Wildman–Crippen MR) is 87.5 cm³/mol. The topological polar surface area (TPSA) is 73.0 Å². The van der Waals surface area contributed by atoms with Gasteiger partial charge in [0.2, 0.25) is 5.91 Å². The molecule has 1 aromatic carbocycles. The number of benzene rings is 1. The molecule has 0 fully saturated rings. The van der Waals surface area contributed by atoms with E-state index in [2.05, 4.69) is 15.5 Å². The van der Waals surface area contributed by atoms with Crippen molar-refractivity contribution in [2.45, 2.75) is 13.5 Å². The second-order valence-corrected chi connectivity index (χ2v) is 4.82. The molecule has 0 saturated carbocycles. The smallest absolute Gasteiger partial charge is 0.248 e. The highest BCUT2D eigenvalue weighted by molar-refractivity contribution is 6.03. The Balaban J connectivity index is 1.82. The molecule has 0 bridgehead atoms. The zero-order valence-electron chi connectivity index (χ0n) is 12.6. The molecule has 6 nitrogen and oxygen atoms in total. The summed E-state index contributed by atoms with van der Waals surface area (Å²) in [5, 5.41) is 10.9. The molecule has 3 rings (SSSR count). The second kappa shape index (κ2) is 6.74. The Kier molecular flexibility index (Phi) is 4.33. The number of amides is 1. The second-order valence-electron chi connectivity index (χ2n) is 4.82. The van der Waals surface area contributed by atoms with Crippen LogP contribution < -0.4 is 5.32 Å². The lowest BCUT2D eigenvalue weighted by molar-refractivity contribution is -0.111. The van der Waals surface area contributed by atoms with Gasteiger partial charge in [-0.15, -0.1) is 10.2 Å². The van der Waals surface area contributed by atoms with Crippen LogP contribution in [-0.4, -0.2) is 20.7 Å². The van der Waals surface area contributed by atoms with E-state index < -0.39 is 0 Å². The summed E-state index contributed by atoms with van der Waals surface area (Å²) < 4.78 is 7.08. The van der Waals surface area contributed by atoms with Gasteiger partial charge in [0.15, 0.2) is 5.82 Å². The first kappa shape index (κ1) is 14.8. The molecule has 0 aliphatic rings. The fourth-order valence-corrected chi connectivity index (χ4v) is 2.20. The molecular weight excluding hydrogens is 292 g/mol. The van der Waals surface area contributed by atoms with E-state index in [0.717, 1.165) is 17.9 Å². The summed E-state index contributed by atoms with van der Waals surface area (Å²) in [5.41, 5.74) is 1.51. The molecule has 23 heavy (non-hydrogen) atoms. The average molecular weight is 308 g/mol. The monoisotopic (exact) mass is 308 g/mol. The van der Waals surface area contributed by atoms with Gasteiger partial charge in [-0.05, 0) is 37.3 Å². The van der Waals surface area contributed by atoms with E-state index in [1.165, 1.54) is 6.08 Å². The van der Waals surface area contributed by atoms with Gasteiger partial charge >= 0.3 is 0 Å². The van der Waals surface area contributed by atoms with Crippen LogP contribution in [0.15, 0.2) is 59.5 Å². The molecule has 3 aromatic rings. The molecule has 0 unspecified atom stereocenters. The van der Waals surface area contributed by atoms with Gasteiger partial charge in [-0.1, -0.05) is 12.1 Å². The molecule has 1 amide bonds. The Labute approximate surface area is 133 Å². The number of rotatable bonds is 5. The number of anilines is 1. The Morgan fingerprint density at radius 1 is 1.30 bits per heavy atom. The third-order valence-electron chi connectivity index (χ3n) is 3.32. The van der Waals surface area contributed by atoms with E-state index in [0.29, 0.717) is 11.4 Å². The zero-order chi connectivity index (χ0) is 16.1. The zero-order valence-corrected chi connectivity index (χ0v) is 12.6. The highest BCUT2D eigenvalue weighted by Crippen LogP contribution is 2.26. The minimum atomic E-state index is -0.239. The van der Waals surface area contributed by atoms with Gasteiger partial charge in [0.25, 0.3) is 0 Å². The average Bonchev–Trinajstić information content (AvgIpc) is 3.24. The van der Waals surface area contributed by atoms with Crippen molar-refractivity contribution >= 4 is 17.7 Å². The maximum absolute atomic E-state index is 12.1. The quantitative estimate of drug-likeness (QED) is 0.735. The van der Waals surface area contributed by atoms with Crippen molar-refractivity contribution in [2.24, 2.45) is 0 Å². The fourth-order valence-electron chi connectivity index (χ4n) is 2.20. The predicted octanol–water partition coefficient (Wildman–Crippen LogP) is 3.21. The molecule has 2 heterocycles. The number of hydrogen-bond acceptors (Lipinski definition) is 4. The van der Waals surface area contributed by atoms with Crippen molar-refractivity contribution in [1.29, 1.82) is 0 Å². The van der Waals surface area contributed by atoms with E-state index in [-0.39, 0.29) is 5.91 Å². The first-order valence-electron chi connectivity index (χ1n) is 7.27. The number of para-hydroxylation sites is 1. The third kappa shape index (κ3) is 3.37. The van der Waals surface area contributed by atoms with E-state index in [4.69, 9.17) is 4.42 Å². The molecule has 2 aromatic heterocycles. The van der Waals surface area contributed by atoms with Crippen molar-refractivity contribution in [3.8, 4) is 11.4 Å². The highest BCUT2D eigenvalue weighted by Gasteiger charge is 2.12. The molecule has 0 saturated heterocycles. The molecule has 0 spiro atoms. The van der Waals surface area contributed by atoms with E-state index in [1.807, 2.05) is 35.8 Å². The van der Waals surface area contributed by atoms with Crippen molar-refractivity contribution in [3.05, 3.63) is 60.8 Å². The lowest BCUT2D eigenvalue weighted by Gasteiger charge is -2.10. The highest BCUT2D eigenvalue weighted by atomic mass is 16.3. The largest absolute Gasteiger partial charge is 0.465 e. The van der Waals surface area contributed by atoms with Crippen LogP contribution >= 0.6 is 0 Å². The van der Waals surface area contributed by atoms with Gasteiger partial charge in [0, 0.05) is 18.2 Å². The van der Waals surface area contributed by atoms with Gasteiger partial charge in [0.1, 0.15) is 12.1 Å². The van der Waals surface area contributed by atoms with Crippen molar-refractivity contribution in [3.63, 3.8) is 0 Å². The van der Waals surface area contributed by atoms with Crippen LogP contribution in [-0.2, 0) is 11.3 Å². The van der Waals surface area contributed by atoms with Crippen LogP contribution in [0, 0.1) is 0 Å². The van der Waals surface area contributed by atoms with Crippen LogP contribution in [0.5, 0.6) is 0 Å². The molecule has 0 atom stereocenters. The van der Waals surface area contributed by atoms with Crippen LogP contribution in [0.25, 0.3) is 17.5 Å². The Morgan fingerprint density at radius 3 is 2.96 bits per heavy atom. The first-order chi connectivity index (χ1) is 11.3. The Morgan fingerprint density at radius 2 is 2.17 bits per heavy atom. The van der Waals surface area contributed by atoms with Gasteiger partial charge in [0.05, 0.1) is 12.0 Å². The lowest BCUT2D eigenvalue weighted by Crippen LogP contribution is -2.09. The first-order valence-corrected chi connectivity index (χ1v) is 7.27. The summed E-state index contributed by atoms with van der Waals surface area (Å²) in [6.07, 6.45) is 6.28. The number of nitrogens with zero attached hydrogens (tertiary/aromatic N) is 3. The summed E-state index contributed by atoms with van der Waals surface area (Å²) in [6.45, 7) is 2.77. The van der Waals surface area contributed by atoms with Gasteiger partial charge in [-0.2, -0.15) is 0 Å². The number of aryl methyl sites for hydroxylation is 1. The number of furan rings is 1. The third-order valence-corrected chi connectivity index (χ3v) is 3.32. The maximum Gasteiger partial charge on any atom is 0.248 e. The summed E-state index contributed by atoms with van der Waals surface area (Å²) >= 11 is 0. The number of carbonyl (C=O) groups is 1. The van der Waals surface area contributed by atoms with Crippen LogP contribution in [0.4, 0.5) is 5.69 Å². The number of aromatic nitrogens is 3. The summed E-state index contributed by atoms with van der Waals surface area (Å²) in [5.74, 6) is 1.11. The van der Waals surface area contributed by atoms with Gasteiger partial charge < -0.3 is 14.3 Å². The van der Waals surface area contributed by atoms with E-state index >= 15 is 0 Å². The molecule has 1 N–H and O–H groups in total. The molecule has 0 aliphatic carbocycles. The molecular formula is C17H16N4O2. The fraction of sp³-hybridized carbons (Fsp3) is 0.118. The number of nitrogens with one attached hydrogen (secondary N) is 1. The van der Waals surface area contributed by atoms with E-state index in [1.54, 1.807) is 30.8 Å². The molecule has 6 heteroatoms. The Hall–Kier alpha value is -3.15. The van der Waals surface area contributed by atoms with Crippen molar-refractivity contribution in [1.82, 2.24) is 14.8 Å². The standard InChI is InChI=1S/C17H16N4O2/c1-2-21-12-18-20-17(21)14-7-3-4-8-15(14)19-16(22)10-9-13-6-5-11-23-13/h3-12H,2H2,1H3,(H,19,22). The number of hydrogen-bond donors (Lipinski definition) is 1. The number of carbonyl (C=O) groups excluding carboxylic acids is 1. The summed E-state index contributed by atoms with van der Waals surface area (Å²) in [4.78, 5) is 12.1. The van der Waals surface area contributed by atoms with Crippen molar-refractivity contribution in [2.75, 3.05) is 5.32 Å². The van der Waals surface area contributed by atoms with Crippen LogP contribution in [0.3, 0.4) is 0 Å². The SMILES string of the molecule is CCn1cnnc1-c1ccccc1NC(=O)C=Cc1ccco1. The normalized spacial score (nSPS) is 11.0. The van der Waals surface area contributed by atoms with Gasteiger partial charge in [-0.3, -0.25) is 4.79 Å². The molecule has 0 aliphatic heterocycles. The minimum Gasteiger partial charge on any atom is -0.465 e. The minimum absolute atomic E-state index is 0.239. The molecule has 116 valence electrons. The lowest BCUT2D eigenvalue weighted by atomic mass is 10.1. The Bertz CT molecular complexity index is 819. The maximum atomic E-state index is 12.1. The summed E-state index contributed by atoms with van der Waals surface area (Å²) in [6, 6.07) is 11.1. The van der Waals surface area contributed by atoms with Crippen LogP contribution in [0.1, 0.15) is 12.7 Å². The van der Waals surface area contributed by atoms with Gasteiger partial charge in [-0.25, -0.2) is 0 Å².